The first-order valence-corrected chi connectivity index (χ1v) is 28.1. The molecule has 8 aromatic rings. The molecular formula is C56H57Cl2SiZr-3. The zero-order valence-electron chi connectivity index (χ0n) is 37.4. The third-order valence-corrected chi connectivity index (χ3v) is 12.4. The van der Waals surface area contributed by atoms with Crippen LogP contribution in [0.15, 0.2) is 127 Å². The van der Waals surface area contributed by atoms with E-state index >= 15 is 0 Å². The van der Waals surface area contributed by atoms with E-state index in [0.717, 1.165) is 9.52 Å². The molecule has 0 aliphatic carbocycles. The molecule has 9 rings (SSSR count). The summed E-state index contributed by atoms with van der Waals surface area (Å²) in [6, 6.07) is 50.3. The quantitative estimate of drug-likeness (QED) is 0.120. The minimum Gasteiger partial charge on any atom is -0.184 e. The van der Waals surface area contributed by atoms with Crippen molar-refractivity contribution < 1.29 is 20.8 Å². The van der Waals surface area contributed by atoms with Crippen LogP contribution in [0.25, 0.3) is 54.9 Å². The number of benzene rings is 6. The summed E-state index contributed by atoms with van der Waals surface area (Å²) in [5.41, 5.74) is 19.4. The Morgan fingerprint density at radius 3 is 1.37 bits per heavy atom. The predicted octanol–water partition coefficient (Wildman–Crippen LogP) is 15.4. The molecule has 0 nitrogen and oxygen atoms in total. The van der Waals surface area contributed by atoms with Crippen LogP contribution < -0.4 is 10.4 Å². The SMILES string of the molecule is Cc1cc(C)cc(-c2c(C(C)(C)C)ccc3[cH-]c(C)cc23)c1.Cc1cc(C)cc(-c2c(C(C)(C)C)ccc3[cH-]c(C)cc23)c1.[Cl][Zr][Cl].[c-]1cccc2c1[Si]c1ccccc1-2. The second-order valence-corrected chi connectivity index (χ2v) is 23.5. The summed E-state index contributed by atoms with van der Waals surface area (Å²) >= 11 is -0.826. The fourth-order valence-corrected chi connectivity index (χ4v) is 10.0. The standard InChI is InChI=1S/2C22H25.C12H7Si.2ClH.Zr/c2*1-14-9-15(2)12-18(11-14)21-19-13-16(3)10-17(19)7-8-20(21)22(4,5)6;1-3-7-11-9(5-1)10-6-2-4-8-12(10)13-11;;;/h2*7-13H,1-6H3;1-7H;2*1H;/q3*-1;;;+2/p-2. The number of aryl methyl sites for hydroxylation is 6. The summed E-state index contributed by atoms with van der Waals surface area (Å²) in [5.74, 6) is 0. The van der Waals surface area contributed by atoms with Gasteiger partial charge in [-0.3, -0.25) is 0 Å². The molecule has 0 atom stereocenters. The third kappa shape index (κ3) is 10.6. The van der Waals surface area contributed by atoms with Gasteiger partial charge in [-0.2, -0.15) is 41.6 Å². The normalized spacial score (nSPS) is 11.8. The first-order valence-electron chi connectivity index (χ1n) is 20.8. The van der Waals surface area contributed by atoms with Gasteiger partial charge in [0.15, 0.2) is 0 Å². The molecule has 0 amide bonds. The second kappa shape index (κ2) is 19.1. The Kier molecular flexibility index (Phi) is 14.6. The largest absolute Gasteiger partial charge is 0.184 e. The van der Waals surface area contributed by atoms with E-state index in [1.807, 2.05) is 6.07 Å². The minimum absolute atomic E-state index is 0.131. The van der Waals surface area contributed by atoms with Gasteiger partial charge < -0.3 is 0 Å². The maximum atomic E-state index is 4.93. The van der Waals surface area contributed by atoms with Crippen molar-refractivity contribution in [1.82, 2.24) is 0 Å². The second-order valence-electron chi connectivity index (χ2n) is 18.5. The molecule has 1 aliphatic heterocycles. The smallest absolute Gasteiger partial charge is 0.0920 e. The summed E-state index contributed by atoms with van der Waals surface area (Å²) in [6.45, 7) is 26.9. The Bertz CT molecular complexity index is 2540. The molecule has 0 saturated heterocycles. The van der Waals surface area contributed by atoms with Crippen molar-refractivity contribution in [3.63, 3.8) is 0 Å². The molecule has 60 heavy (non-hydrogen) atoms. The van der Waals surface area contributed by atoms with Crippen LogP contribution >= 0.6 is 17.0 Å². The molecule has 4 heteroatoms. The van der Waals surface area contributed by atoms with Crippen LogP contribution in [0.1, 0.15) is 86.1 Å². The predicted molar refractivity (Wildman–Crippen MR) is 263 cm³/mol. The molecule has 0 aromatic heterocycles. The fraction of sp³-hybridized carbons (Fsp3) is 0.250. The van der Waals surface area contributed by atoms with E-state index in [4.69, 9.17) is 17.0 Å². The van der Waals surface area contributed by atoms with E-state index in [1.54, 1.807) is 0 Å². The molecule has 0 bridgehead atoms. The Balaban J connectivity index is 0.000000150. The van der Waals surface area contributed by atoms with Gasteiger partial charge in [-0.25, -0.2) is 0 Å². The summed E-state index contributed by atoms with van der Waals surface area (Å²) in [7, 11) is 10.7. The molecule has 0 saturated carbocycles. The van der Waals surface area contributed by atoms with Crippen LogP contribution in [0.3, 0.4) is 0 Å². The topological polar surface area (TPSA) is 0 Å². The molecule has 0 unspecified atom stereocenters. The van der Waals surface area contributed by atoms with Gasteiger partial charge in [0.2, 0.25) is 0 Å². The Morgan fingerprint density at radius 1 is 0.517 bits per heavy atom. The summed E-state index contributed by atoms with van der Waals surface area (Å²) in [5, 5.41) is 8.29. The Labute approximate surface area is 381 Å². The van der Waals surface area contributed by atoms with Crippen molar-refractivity contribution in [2.75, 3.05) is 0 Å². The van der Waals surface area contributed by atoms with Crippen LogP contribution in [0.5, 0.6) is 0 Å². The van der Waals surface area contributed by atoms with Crippen molar-refractivity contribution in [2.24, 2.45) is 0 Å². The van der Waals surface area contributed by atoms with Gasteiger partial charge >= 0.3 is 37.9 Å². The van der Waals surface area contributed by atoms with Crippen LogP contribution in [0, 0.1) is 47.6 Å². The van der Waals surface area contributed by atoms with E-state index in [-0.39, 0.29) is 10.8 Å². The van der Waals surface area contributed by atoms with Gasteiger partial charge in [-0.1, -0.05) is 171 Å². The molecule has 0 spiro atoms. The van der Waals surface area contributed by atoms with Crippen molar-refractivity contribution in [3.8, 4) is 33.4 Å². The van der Waals surface area contributed by atoms with Crippen molar-refractivity contribution in [3.05, 3.63) is 178 Å². The molecule has 1 aliphatic rings. The Morgan fingerprint density at radius 2 is 0.933 bits per heavy atom. The molecule has 306 valence electrons. The van der Waals surface area contributed by atoms with E-state index in [9.17, 15) is 0 Å². The van der Waals surface area contributed by atoms with E-state index in [1.165, 1.54) is 110 Å². The number of hydrogen-bond acceptors (Lipinski definition) is 0. The summed E-state index contributed by atoms with van der Waals surface area (Å²) in [6.07, 6.45) is 0. The zero-order chi connectivity index (χ0) is 43.5. The van der Waals surface area contributed by atoms with Crippen molar-refractivity contribution >= 4 is 58.5 Å². The monoisotopic (exact) mass is 917 g/mol. The first-order chi connectivity index (χ1) is 28.4. The maximum Gasteiger partial charge on any atom is 0.0920 e. The van der Waals surface area contributed by atoms with Gasteiger partial charge in [-0.05, 0) is 49.7 Å². The van der Waals surface area contributed by atoms with Gasteiger partial charge in [-0.15, -0.1) is 74.6 Å². The summed E-state index contributed by atoms with van der Waals surface area (Å²) in [4.78, 5) is 0. The molecule has 2 radical (unpaired) electrons. The molecule has 8 aromatic carbocycles. The fourth-order valence-electron chi connectivity index (χ4n) is 8.70. The molecule has 1 heterocycles. The van der Waals surface area contributed by atoms with Crippen LogP contribution in [0.2, 0.25) is 0 Å². The van der Waals surface area contributed by atoms with E-state index in [2.05, 4.69) is 210 Å². The average Bonchev–Trinajstić information content (AvgIpc) is 3.86. The molecule has 0 N–H and O–H groups in total. The van der Waals surface area contributed by atoms with Gasteiger partial charge in [0, 0.05) is 0 Å². The zero-order valence-corrected chi connectivity index (χ0v) is 42.4. The Hall–Kier alpha value is -3.78. The van der Waals surface area contributed by atoms with Gasteiger partial charge in [0.05, 0.1) is 9.52 Å². The number of hydrogen-bond donors (Lipinski definition) is 0. The van der Waals surface area contributed by atoms with Crippen LogP contribution in [-0.2, 0) is 31.7 Å². The summed E-state index contributed by atoms with van der Waals surface area (Å²) < 4.78 is 0. The van der Waals surface area contributed by atoms with Crippen molar-refractivity contribution in [1.29, 1.82) is 0 Å². The van der Waals surface area contributed by atoms with E-state index in [0.29, 0.717) is 0 Å². The van der Waals surface area contributed by atoms with Crippen LogP contribution in [-0.4, -0.2) is 9.52 Å². The van der Waals surface area contributed by atoms with Crippen LogP contribution in [0.4, 0.5) is 0 Å². The molecular weight excluding hydrogens is 863 g/mol. The first kappa shape index (κ1) is 45.7. The third-order valence-electron chi connectivity index (χ3n) is 11.0. The van der Waals surface area contributed by atoms with Gasteiger partial charge in [0.25, 0.3) is 0 Å². The number of halogens is 2. The van der Waals surface area contributed by atoms with Gasteiger partial charge in [0.1, 0.15) is 0 Å². The maximum absolute atomic E-state index is 4.93. The number of fused-ring (bicyclic) bond motifs is 5. The molecule has 0 fully saturated rings. The van der Waals surface area contributed by atoms with Crippen molar-refractivity contribution in [2.45, 2.75) is 93.9 Å². The minimum atomic E-state index is -0.826. The number of rotatable bonds is 2. The van der Waals surface area contributed by atoms with E-state index < -0.39 is 20.8 Å². The average molecular weight is 920 g/mol.